The standard InChI is InChI=1S/C11H14N2/c1-8-6-7-9(11(2,3)4)10(12-5)13-8/h6-7H,1-4H3. The molecule has 0 fully saturated rings. The van der Waals surface area contributed by atoms with Crippen molar-refractivity contribution in [2.45, 2.75) is 33.1 Å². The first-order chi connectivity index (χ1) is 5.95. The number of nitrogens with zero attached hydrogens (tertiary/aromatic N) is 2. The zero-order chi connectivity index (χ0) is 10.1. The summed E-state index contributed by atoms with van der Waals surface area (Å²) in [5.41, 5.74) is 1.92. The molecule has 0 aliphatic heterocycles. The molecule has 13 heavy (non-hydrogen) atoms. The molecule has 0 bridgehead atoms. The summed E-state index contributed by atoms with van der Waals surface area (Å²) >= 11 is 0. The maximum Gasteiger partial charge on any atom is 0.273 e. The minimum absolute atomic E-state index is 0.000579. The lowest BCUT2D eigenvalue weighted by molar-refractivity contribution is 0.590. The van der Waals surface area contributed by atoms with Crippen LogP contribution in [0.4, 0.5) is 5.82 Å². The summed E-state index contributed by atoms with van der Waals surface area (Å²) in [6.45, 7) is 15.2. The maximum absolute atomic E-state index is 7.02. The third kappa shape index (κ3) is 2.06. The summed E-state index contributed by atoms with van der Waals surface area (Å²) in [5.74, 6) is 0.535. The van der Waals surface area contributed by atoms with Crippen LogP contribution < -0.4 is 0 Å². The first-order valence-corrected chi connectivity index (χ1v) is 4.31. The van der Waals surface area contributed by atoms with Crippen molar-refractivity contribution in [2.24, 2.45) is 0 Å². The minimum Gasteiger partial charge on any atom is -0.360 e. The van der Waals surface area contributed by atoms with Crippen LogP contribution in [0.2, 0.25) is 0 Å². The van der Waals surface area contributed by atoms with E-state index in [2.05, 4.69) is 30.6 Å². The van der Waals surface area contributed by atoms with Crippen molar-refractivity contribution in [1.82, 2.24) is 4.98 Å². The van der Waals surface area contributed by atoms with E-state index in [9.17, 15) is 0 Å². The summed E-state index contributed by atoms with van der Waals surface area (Å²) < 4.78 is 0. The molecule has 0 aliphatic carbocycles. The van der Waals surface area contributed by atoms with Crippen molar-refractivity contribution in [2.75, 3.05) is 0 Å². The summed E-state index contributed by atoms with van der Waals surface area (Å²) in [6.07, 6.45) is 0. The van der Waals surface area contributed by atoms with Crippen LogP contribution in [-0.4, -0.2) is 4.98 Å². The van der Waals surface area contributed by atoms with Crippen LogP contribution in [0.5, 0.6) is 0 Å². The second-order valence-electron chi connectivity index (χ2n) is 4.19. The fourth-order valence-corrected chi connectivity index (χ4v) is 1.21. The Morgan fingerprint density at radius 2 is 1.92 bits per heavy atom. The molecule has 2 nitrogen and oxygen atoms in total. The summed E-state index contributed by atoms with van der Waals surface area (Å²) in [7, 11) is 0. The summed E-state index contributed by atoms with van der Waals surface area (Å²) in [5, 5.41) is 0. The normalized spacial score (nSPS) is 11.0. The molecule has 0 spiro atoms. The predicted molar refractivity (Wildman–Crippen MR) is 53.9 cm³/mol. The van der Waals surface area contributed by atoms with E-state index in [0.717, 1.165) is 11.3 Å². The van der Waals surface area contributed by atoms with Gasteiger partial charge < -0.3 is 4.85 Å². The molecule has 0 saturated carbocycles. The monoisotopic (exact) mass is 174 g/mol. The van der Waals surface area contributed by atoms with Gasteiger partial charge in [-0.25, -0.2) is 0 Å². The summed E-state index contributed by atoms with van der Waals surface area (Å²) in [4.78, 5) is 7.64. The number of aryl methyl sites for hydroxylation is 1. The third-order valence-electron chi connectivity index (χ3n) is 1.93. The summed E-state index contributed by atoms with van der Waals surface area (Å²) in [6, 6.07) is 3.95. The highest BCUT2D eigenvalue weighted by Gasteiger charge is 2.18. The van der Waals surface area contributed by atoms with Gasteiger partial charge in [0, 0.05) is 6.92 Å². The van der Waals surface area contributed by atoms with Gasteiger partial charge >= 0.3 is 0 Å². The Morgan fingerprint density at radius 1 is 1.31 bits per heavy atom. The van der Waals surface area contributed by atoms with Crippen molar-refractivity contribution >= 4 is 5.82 Å². The number of aromatic nitrogens is 1. The molecular weight excluding hydrogens is 160 g/mol. The average molecular weight is 174 g/mol. The Kier molecular flexibility index (Phi) is 2.38. The fourth-order valence-electron chi connectivity index (χ4n) is 1.21. The molecule has 2 heteroatoms. The topological polar surface area (TPSA) is 17.2 Å². The quantitative estimate of drug-likeness (QED) is 0.552. The highest BCUT2D eigenvalue weighted by atomic mass is 14.9. The SMILES string of the molecule is [C-]#[N+]c1nc(C)ccc1C(C)(C)C. The van der Waals surface area contributed by atoms with Crippen molar-refractivity contribution in [1.29, 1.82) is 0 Å². The molecule has 0 radical (unpaired) electrons. The van der Waals surface area contributed by atoms with E-state index in [1.807, 2.05) is 19.1 Å². The van der Waals surface area contributed by atoms with Gasteiger partial charge in [0.25, 0.3) is 5.82 Å². The van der Waals surface area contributed by atoms with Crippen LogP contribution in [0, 0.1) is 13.5 Å². The van der Waals surface area contributed by atoms with Gasteiger partial charge in [0.2, 0.25) is 0 Å². The highest BCUT2D eigenvalue weighted by molar-refractivity contribution is 5.49. The average Bonchev–Trinajstić information content (AvgIpc) is 2.01. The van der Waals surface area contributed by atoms with Gasteiger partial charge in [-0.05, 0) is 17.0 Å². The van der Waals surface area contributed by atoms with Crippen LogP contribution >= 0.6 is 0 Å². The Bertz CT molecular complexity index is 353. The largest absolute Gasteiger partial charge is 0.360 e. The number of hydrogen-bond acceptors (Lipinski definition) is 1. The molecule has 1 rings (SSSR count). The number of rotatable bonds is 0. The zero-order valence-corrected chi connectivity index (χ0v) is 8.55. The lowest BCUT2D eigenvalue weighted by Crippen LogP contribution is -2.11. The Hall–Kier alpha value is -1.36. The number of pyridine rings is 1. The Balaban J connectivity index is 3.32. The second kappa shape index (κ2) is 3.18. The Labute approximate surface area is 79.4 Å². The lowest BCUT2D eigenvalue weighted by Gasteiger charge is -2.19. The van der Waals surface area contributed by atoms with E-state index >= 15 is 0 Å². The van der Waals surface area contributed by atoms with Gasteiger partial charge in [0.15, 0.2) is 0 Å². The van der Waals surface area contributed by atoms with Gasteiger partial charge in [-0.2, -0.15) is 0 Å². The lowest BCUT2D eigenvalue weighted by atomic mass is 9.87. The molecule has 1 aromatic heterocycles. The molecule has 68 valence electrons. The van der Waals surface area contributed by atoms with E-state index in [-0.39, 0.29) is 5.41 Å². The predicted octanol–water partition coefficient (Wildman–Crippen LogP) is 3.24. The van der Waals surface area contributed by atoms with Crippen molar-refractivity contribution in [3.63, 3.8) is 0 Å². The van der Waals surface area contributed by atoms with Crippen molar-refractivity contribution < 1.29 is 0 Å². The smallest absolute Gasteiger partial charge is 0.273 e. The molecule has 0 amide bonds. The van der Waals surface area contributed by atoms with E-state index in [4.69, 9.17) is 6.57 Å². The molecule has 0 N–H and O–H groups in total. The second-order valence-corrected chi connectivity index (χ2v) is 4.19. The third-order valence-corrected chi connectivity index (χ3v) is 1.93. The fraction of sp³-hybridized carbons (Fsp3) is 0.455. The molecule has 0 saturated heterocycles. The first-order valence-electron chi connectivity index (χ1n) is 4.31. The molecule has 0 unspecified atom stereocenters. The molecule has 0 aromatic carbocycles. The minimum atomic E-state index is 0.000579. The van der Waals surface area contributed by atoms with E-state index in [1.54, 1.807) is 0 Å². The van der Waals surface area contributed by atoms with Gasteiger partial charge in [0.05, 0.1) is 0 Å². The van der Waals surface area contributed by atoms with E-state index in [1.165, 1.54) is 0 Å². The van der Waals surface area contributed by atoms with Crippen LogP contribution in [0.1, 0.15) is 32.0 Å². The van der Waals surface area contributed by atoms with Crippen LogP contribution in [0.25, 0.3) is 4.85 Å². The molecule has 1 aromatic rings. The van der Waals surface area contributed by atoms with Crippen molar-refractivity contribution in [3.8, 4) is 0 Å². The molecule has 1 heterocycles. The number of hydrogen-bond donors (Lipinski definition) is 0. The van der Waals surface area contributed by atoms with Crippen LogP contribution in [-0.2, 0) is 5.41 Å². The molecule has 0 aliphatic rings. The zero-order valence-electron chi connectivity index (χ0n) is 8.55. The first kappa shape index (κ1) is 9.73. The van der Waals surface area contributed by atoms with Gasteiger partial charge in [-0.3, -0.25) is 0 Å². The molecular formula is C11H14N2. The highest BCUT2D eigenvalue weighted by Crippen LogP contribution is 2.29. The van der Waals surface area contributed by atoms with Crippen LogP contribution in [0.15, 0.2) is 12.1 Å². The van der Waals surface area contributed by atoms with Crippen LogP contribution in [0.3, 0.4) is 0 Å². The Morgan fingerprint density at radius 3 is 2.38 bits per heavy atom. The van der Waals surface area contributed by atoms with Gasteiger partial charge in [-0.15, -0.1) is 4.98 Å². The maximum atomic E-state index is 7.02. The molecule has 0 atom stereocenters. The van der Waals surface area contributed by atoms with E-state index in [0.29, 0.717) is 5.82 Å². The van der Waals surface area contributed by atoms with Gasteiger partial charge in [0.1, 0.15) is 5.69 Å². The van der Waals surface area contributed by atoms with Crippen molar-refractivity contribution in [3.05, 3.63) is 34.8 Å². The van der Waals surface area contributed by atoms with Gasteiger partial charge in [-0.1, -0.05) is 33.4 Å². The van der Waals surface area contributed by atoms with E-state index < -0.39 is 0 Å².